The van der Waals surface area contributed by atoms with Gasteiger partial charge in [-0.25, -0.2) is 3.97 Å². The van der Waals surface area contributed by atoms with Gasteiger partial charge in [0, 0.05) is 10.6 Å². The lowest BCUT2D eigenvalue weighted by Gasteiger charge is -2.14. The van der Waals surface area contributed by atoms with Gasteiger partial charge in [-0.15, -0.1) is 0 Å². The van der Waals surface area contributed by atoms with Gasteiger partial charge in [0.05, 0.1) is 0 Å². The van der Waals surface area contributed by atoms with Crippen molar-refractivity contribution in [2.24, 2.45) is 0 Å². The van der Waals surface area contributed by atoms with Gasteiger partial charge in [0.1, 0.15) is 8.15 Å². The van der Waals surface area contributed by atoms with E-state index in [1.165, 1.54) is 0 Å². The lowest BCUT2D eigenvalue weighted by atomic mass is 10.4. The molecule has 0 saturated heterocycles. The number of rotatable bonds is 4. The van der Waals surface area contributed by atoms with E-state index < -0.39 is 19.5 Å². The van der Waals surface area contributed by atoms with Crippen LogP contribution in [0.3, 0.4) is 0 Å². The van der Waals surface area contributed by atoms with Gasteiger partial charge in [0.25, 0.3) is 0 Å². The minimum atomic E-state index is -2.27. The van der Waals surface area contributed by atoms with Crippen LogP contribution in [0.25, 0.3) is 0 Å². The topological polar surface area (TPSA) is 46.5 Å². The molecule has 0 spiro atoms. The van der Waals surface area contributed by atoms with Crippen molar-refractivity contribution in [3.8, 4) is 0 Å². The highest BCUT2D eigenvalue weighted by atomic mass is 32.2. The molecule has 0 fully saturated rings. The highest BCUT2D eigenvalue weighted by Crippen LogP contribution is 2.35. The normalized spacial score (nSPS) is 12.6. The highest BCUT2D eigenvalue weighted by Gasteiger charge is 2.17. The van der Waals surface area contributed by atoms with Crippen LogP contribution in [-0.4, -0.2) is 8.76 Å². The van der Waals surface area contributed by atoms with Crippen molar-refractivity contribution < 1.29 is 12.7 Å². The third kappa shape index (κ3) is 3.45. The van der Waals surface area contributed by atoms with Crippen LogP contribution in [0.5, 0.6) is 0 Å². The quantitative estimate of drug-likeness (QED) is 0.681. The third-order valence-electron chi connectivity index (χ3n) is 2.12. The fraction of sp³-hybridized carbons (Fsp3) is 0. The molecule has 3 nitrogen and oxygen atoms in total. The average Bonchev–Trinajstić information content (AvgIpc) is 2.38. The van der Waals surface area contributed by atoms with Crippen molar-refractivity contribution in [2.75, 3.05) is 0 Å². The summed E-state index contributed by atoms with van der Waals surface area (Å²) in [6, 6.07) is 18.9. The van der Waals surface area contributed by atoms with Crippen molar-refractivity contribution in [3.63, 3.8) is 0 Å². The maximum absolute atomic E-state index is 10.9. The lowest BCUT2D eigenvalue weighted by molar-refractivity contribution is 0.481. The first-order chi connectivity index (χ1) is 8.27. The number of benzene rings is 2. The number of hydrogen-bond acceptors (Lipinski definition) is 2. The third-order valence-corrected chi connectivity index (χ3v) is 4.76. The van der Waals surface area contributed by atoms with Gasteiger partial charge in [-0.3, -0.25) is 4.55 Å². The summed E-state index contributed by atoms with van der Waals surface area (Å²) >= 11 is -2.27. The Kier molecular flexibility index (Phi) is 4.40. The first-order valence-corrected chi connectivity index (χ1v) is 7.26. The summed E-state index contributed by atoms with van der Waals surface area (Å²) in [5.41, 5.74) is 0. The van der Waals surface area contributed by atoms with Crippen molar-refractivity contribution in [1.82, 2.24) is 0 Å². The van der Waals surface area contributed by atoms with Crippen LogP contribution < -0.4 is 10.6 Å². The van der Waals surface area contributed by atoms with E-state index in [0.717, 1.165) is 10.6 Å². The molecule has 0 saturated carbocycles. The zero-order valence-electron chi connectivity index (χ0n) is 8.89. The standard InChI is InChI=1S/C12H11O3PS/c13-17(14)15-16(11-7-3-1-4-8-11)12-9-5-2-6-10-12/h1-10H,(H,13,14). The Balaban J connectivity index is 2.36. The smallest absolute Gasteiger partial charge is 0.284 e. The first kappa shape index (κ1) is 12.4. The molecule has 0 aliphatic heterocycles. The molecule has 0 radical (unpaired) electrons. The van der Waals surface area contributed by atoms with E-state index in [1.54, 1.807) is 0 Å². The van der Waals surface area contributed by atoms with E-state index in [2.05, 4.69) is 0 Å². The Bertz CT molecular complexity index is 450. The molecule has 0 aromatic heterocycles. The summed E-state index contributed by atoms with van der Waals surface area (Å²) in [5, 5.41) is 1.83. The van der Waals surface area contributed by atoms with Crippen molar-refractivity contribution in [3.05, 3.63) is 60.7 Å². The second-order valence-electron chi connectivity index (χ2n) is 3.26. The van der Waals surface area contributed by atoms with Crippen LogP contribution in [0.2, 0.25) is 0 Å². The van der Waals surface area contributed by atoms with Gasteiger partial charge in [0.2, 0.25) is 0 Å². The van der Waals surface area contributed by atoms with Crippen LogP contribution in [0.1, 0.15) is 0 Å². The molecule has 1 N–H and O–H groups in total. The predicted molar refractivity (Wildman–Crippen MR) is 70.9 cm³/mol. The second kappa shape index (κ2) is 6.03. The molecule has 0 bridgehead atoms. The Labute approximate surface area is 104 Å². The fourth-order valence-electron chi connectivity index (χ4n) is 1.43. The van der Waals surface area contributed by atoms with Crippen LogP contribution in [0.4, 0.5) is 0 Å². The summed E-state index contributed by atoms with van der Waals surface area (Å²) in [6.45, 7) is 0. The Morgan fingerprint density at radius 2 is 1.29 bits per heavy atom. The molecule has 17 heavy (non-hydrogen) atoms. The van der Waals surface area contributed by atoms with E-state index in [-0.39, 0.29) is 0 Å². The lowest BCUT2D eigenvalue weighted by Crippen LogP contribution is -2.14. The summed E-state index contributed by atoms with van der Waals surface area (Å²) in [7, 11) is -1.24. The number of hydrogen-bond donors (Lipinski definition) is 1. The van der Waals surface area contributed by atoms with Gasteiger partial charge in [-0.05, 0) is 0 Å². The molecule has 88 valence electrons. The van der Waals surface area contributed by atoms with Gasteiger partial charge < -0.3 is 0 Å². The van der Waals surface area contributed by atoms with Crippen LogP contribution in [0, 0.1) is 0 Å². The van der Waals surface area contributed by atoms with Gasteiger partial charge in [-0.2, -0.15) is 4.21 Å². The van der Waals surface area contributed by atoms with E-state index in [9.17, 15) is 4.21 Å². The molecule has 2 rings (SSSR count). The average molecular weight is 266 g/mol. The highest BCUT2D eigenvalue weighted by molar-refractivity contribution is 7.84. The van der Waals surface area contributed by atoms with E-state index in [4.69, 9.17) is 8.52 Å². The first-order valence-electron chi connectivity index (χ1n) is 4.97. The fourth-order valence-corrected chi connectivity index (χ4v) is 3.81. The molecule has 1 atom stereocenters. The maximum Gasteiger partial charge on any atom is 0.305 e. The van der Waals surface area contributed by atoms with Gasteiger partial charge >= 0.3 is 11.4 Å². The largest absolute Gasteiger partial charge is 0.305 e. The molecular weight excluding hydrogens is 255 g/mol. The predicted octanol–water partition coefficient (Wildman–Crippen LogP) is 2.19. The Morgan fingerprint density at radius 1 is 0.882 bits per heavy atom. The Hall–Kier alpha value is -1.06. The van der Waals surface area contributed by atoms with E-state index in [1.807, 2.05) is 60.7 Å². The van der Waals surface area contributed by atoms with E-state index >= 15 is 0 Å². The molecule has 2 aromatic carbocycles. The van der Waals surface area contributed by atoms with Crippen LogP contribution in [-0.2, 0) is 15.3 Å². The summed E-state index contributed by atoms with van der Waals surface area (Å²) in [5.74, 6) is 0. The molecule has 1 unspecified atom stereocenters. The molecule has 0 aliphatic rings. The van der Waals surface area contributed by atoms with Gasteiger partial charge in [-0.1, -0.05) is 60.7 Å². The summed E-state index contributed by atoms with van der Waals surface area (Å²) in [4.78, 5) is 0. The molecule has 2 aromatic rings. The molecule has 0 heterocycles. The zero-order chi connectivity index (χ0) is 12.1. The van der Waals surface area contributed by atoms with Crippen molar-refractivity contribution in [1.29, 1.82) is 0 Å². The van der Waals surface area contributed by atoms with Crippen LogP contribution in [0.15, 0.2) is 60.7 Å². The molecule has 0 aliphatic carbocycles. The maximum atomic E-state index is 10.9. The zero-order valence-corrected chi connectivity index (χ0v) is 10.6. The molecular formula is C12H11O3PS. The minimum absolute atomic E-state index is 0.913. The van der Waals surface area contributed by atoms with Crippen molar-refractivity contribution >= 4 is 30.1 Å². The minimum Gasteiger partial charge on any atom is -0.284 e. The summed E-state index contributed by atoms with van der Waals surface area (Å²) in [6.07, 6.45) is 0. The van der Waals surface area contributed by atoms with Crippen molar-refractivity contribution in [2.45, 2.75) is 0 Å². The Morgan fingerprint density at radius 3 is 1.65 bits per heavy atom. The monoisotopic (exact) mass is 266 g/mol. The molecule has 5 heteroatoms. The van der Waals surface area contributed by atoms with Crippen LogP contribution >= 0.6 is 8.15 Å². The summed E-state index contributed by atoms with van der Waals surface area (Å²) < 4.78 is 24.9. The van der Waals surface area contributed by atoms with Gasteiger partial charge in [0.15, 0.2) is 0 Å². The molecule has 0 amide bonds. The second-order valence-corrected chi connectivity index (χ2v) is 5.91. The SMILES string of the molecule is O=S(O)OP(c1ccccc1)c1ccccc1. The van der Waals surface area contributed by atoms with E-state index in [0.29, 0.717) is 0 Å².